The van der Waals surface area contributed by atoms with Crippen molar-refractivity contribution in [2.75, 3.05) is 0 Å². The summed E-state index contributed by atoms with van der Waals surface area (Å²) >= 11 is 1.27. The summed E-state index contributed by atoms with van der Waals surface area (Å²) in [4.78, 5) is 64.6. The molecule has 2 aliphatic heterocycles. The van der Waals surface area contributed by atoms with Crippen molar-refractivity contribution in [3.05, 3.63) is 159 Å². The maximum atomic E-state index is 14.2. The Balaban J connectivity index is 1.44. The number of esters is 1. The first-order valence-electron chi connectivity index (χ1n) is 14.7. The molecule has 1 saturated heterocycles. The lowest BCUT2D eigenvalue weighted by Gasteiger charge is -2.42. The number of aliphatic imine (C=N–C) groups is 1. The maximum absolute atomic E-state index is 14.2. The Labute approximate surface area is 279 Å². The number of amides is 1. The van der Waals surface area contributed by atoms with E-state index >= 15 is 0 Å². The Hall–Kier alpha value is -5.07. The zero-order valence-corrected chi connectivity index (χ0v) is 26.8. The van der Waals surface area contributed by atoms with Crippen molar-refractivity contribution in [1.82, 2.24) is 4.90 Å². The SMILES string of the molecule is O=C(OCc1ccc([N+](=O)[O-])cc1)C(=C(OP(=O)(O)O)C(c1ccccc1)c1ccccc1)N1C(=O)C2N=C(Cc3ccccc3)SC21. The Morgan fingerprint density at radius 2 is 1.46 bits per heavy atom. The molecule has 12 nitrogen and oxygen atoms in total. The Kier molecular flexibility index (Phi) is 9.56. The highest BCUT2D eigenvalue weighted by molar-refractivity contribution is 8.14. The van der Waals surface area contributed by atoms with Crippen LogP contribution in [0.1, 0.15) is 28.2 Å². The van der Waals surface area contributed by atoms with Crippen LogP contribution in [0.2, 0.25) is 0 Å². The van der Waals surface area contributed by atoms with Gasteiger partial charge in [0.05, 0.1) is 15.9 Å². The smallest absolute Gasteiger partial charge is 0.456 e. The largest absolute Gasteiger partial charge is 0.524 e. The fraction of sp³-hybridized carbons (Fsp3) is 0.147. The van der Waals surface area contributed by atoms with Crippen molar-refractivity contribution in [3.63, 3.8) is 0 Å². The van der Waals surface area contributed by atoms with Crippen LogP contribution in [-0.2, 0) is 36.4 Å². The number of phosphoric acid groups is 1. The van der Waals surface area contributed by atoms with Crippen LogP contribution in [0.4, 0.5) is 5.69 Å². The van der Waals surface area contributed by atoms with Crippen LogP contribution in [0, 0.1) is 10.1 Å². The number of carbonyl (C=O) groups is 2. The third kappa shape index (κ3) is 7.24. The molecule has 244 valence electrons. The molecule has 0 aromatic heterocycles. The van der Waals surface area contributed by atoms with Crippen molar-refractivity contribution < 1.29 is 38.1 Å². The number of likely N-dealkylation sites (tertiary alicyclic amines) is 1. The van der Waals surface area contributed by atoms with Gasteiger partial charge in [0.15, 0.2) is 17.5 Å². The van der Waals surface area contributed by atoms with Gasteiger partial charge in [-0.3, -0.25) is 34.6 Å². The van der Waals surface area contributed by atoms with Crippen molar-refractivity contribution in [2.45, 2.75) is 30.4 Å². The summed E-state index contributed by atoms with van der Waals surface area (Å²) in [5.41, 5.74) is 1.80. The van der Waals surface area contributed by atoms with Crippen molar-refractivity contribution >= 4 is 42.2 Å². The van der Waals surface area contributed by atoms with Crippen molar-refractivity contribution in [2.24, 2.45) is 4.99 Å². The molecule has 0 bridgehead atoms. The normalized spacial score (nSPS) is 17.6. The number of rotatable bonds is 12. The standard InChI is InChI=1S/C34H28N3O9PS/c38-32-29-33(48-27(35-29)20-22-10-4-1-5-11-22)36(32)30(34(39)45-21-23-16-18-26(19-17-23)37(40)41)31(46-47(42,43)44)28(24-12-6-2-7-13-24)25-14-8-3-9-15-25/h1-19,28-29,33H,20-21H2,(H2,42,43,44). The molecule has 2 aliphatic rings. The van der Waals surface area contributed by atoms with E-state index in [-0.39, 0.29) is 12.3 Å². The number of hydrogen-bond donors (Lipinski definition) is 2. The summed E-state index contributed by atoms with van der Waals surface area (Å²) in [5.74, 6) is -3.18. The molecule has 1 amide bonds. The van der Waals surface area contributed by atoms with E-state index in [4.69, 9.17) is 9.26 Å². The second-order valence-electron chi connectivity index (χ2n) is 10.9. The van der Waals surface area contributed by atoms with E-state index in [1.165, 1.54) is 36.0 Å². The number of non-ortho nitro benzene ring substituents is 1. The van der Waals surface area contributed by atoms with Gasteiger partial charge < -0.3 is 9.26 Å². The van der Waals surface area contributed by atoms with Crippen LogP contribution in [0.3, 0.4) is 0 Å². The molecule has 0 radical (unpaired) electrons. The second kappa shape index (κ2) is 14.0. The van der Waals surface area contributed by atoms with Gasteiger partial charge >= 0.3 is 13.8 Å². The van der Waals surface area contributed by atoms with Crippen LogP contribution >= 0.6 is 19.6 Å². The quantitative estimate of drug-likeness (QED) is 0.0358. The summed E-state index contributed by atoms with van der Waals surface area (Å²) in [6.45, 7) is -0.357. The van der Waals surface area contributed by atoms with Gasteiger partial charge in [-0.25, -0.2) is 9.36 Å². The number of allylic oxidation sites excluding steroid dienone is 1. The van der Waals surface area contributed by atoms with Gasteiger partial charge in [-0.1, -0.05) is 103 Å². The summed E-state index contributed by atoms with van der Waals surface area (Å²) < 4.78 is 23.6. The minimum Gasteiger partial charge on any atom is -0.456 e. The van der Waals surface area contributed by atoms with E-state index in [2.05, 4.69) is 4.99 Å². The minimum absolute atomic E-state index is 0.154. The predicted octanol–water partition coefficient (Wildman–Crippen LogP) is 5.72. The van der Waals surface area contributed by atoms with Crippen molar-refractivity contribution in [1.29, 1.82) is 0 Å². The minimum atomic E-state index is -5.34. The van der Waals surface area contributed by atoms with Gasteiger partial charge in [-0.2, -0.15) is 0 Å². The third-order valence-electron chi connectivity index (χ3n) is 7.68. The third-order valence-corrected chi connectivity index (χ3v) is 9.35. The fourth-order valence-electron chi connectivity index (χ4n) is 5.50. The highest BCUT2D eigenvalue weighted by atomic mass is 32.2. The lowest BCUT2D eigenvalue weighted by atomic mass is 9.88. The maximum Gasteiger partial charge on any atom is 0.524 e. The van der Waals surface area contributed by atoms with Gasteiger partial charge in [0.1, 0.15) is 12.0 Å². The number of β-lactam (4-membered cyclic amide) rings is 1. The molecule has 2 heterocycles. The number of fused-ring (bicyclic) bond motifs is 1. The molecule has 2 atom stereocenters. The summed E-state index contributed by atoms with van der Waals surface area (Å²) in [6.07, 6.45) is 0.450. The van der Waals surface area contributed by atoms with Gasteiger partial charge in [0.2, 0.25) is 0 Å². The molecule has 6 rings (SSSR count). The molecular weight excluding hydrogens is 657 g/mol. The number of hydrogen-bond acceptors (Lipinski definition) is 9. The van der Waals surface area contributed by atoms with E-state index in [0.29, 0.717) is 28.2 Å². The molecule has 0 saturated carbocycles. The lowest BCUT2D eigenvalue weighted by molar-refractivity contribution is -0.384. The molecule has 1 fully saturated rings. The molecule has 2 N–H and O–H groups in total. The highest BCUT2D eigenvalue weighted by Crippen LogP contribution is 2.50. The van der Waals surface area contributed by atoms with Crippen LogP contribution in [0.25, 0.3) is 0 Å². The summed E-state index contributed by atoms with van der Waals surface area (Å²) in [5, 5.41) is 11.1. The zero-order valence-electron chi connectivity index (χ0n) is 25.1. The Morgan fingerprint density at radius 3 is 2.00 bits per heavy atom. The van der Waals surface area contributed by atoms with Crippen LogP contribution < -0.4 is 0 Å². The Morgan fingerprint density at radius 1 is 0.896 bits per heavy atom. The molecule has 14 heteroatoms. The first kappa shape index (κ1) is 32.9. The van der Waals surface area contributed by atoms with Crippen molar-refractivity contribution in [3.8, 4) is 0 Å². The number of benzene rings is 4. The highest BCUT2D eigenvalue weighted by Gasteiger charge is 2.56. The number of nitrogens with zero attached hydrogens (tertiary/aromatic N) is 3. The van der Waals surface area contributed by atoms with Gasteiger partial charge in [-0.15, -0.1) is 0 Å². The van der Waals surface area contributed by atoms with E-state index in [1.54, 1.807) is 60.7 Å². The molecule has 0 aliphatic carbocycles. The summed E-state index contributed by atoms with van der Waals surface area (Å²) in [7, 11) is -5.34. The Bertz CT molecular complexity index is 1900. The lowest BCUT2D eigenvalue weighted by Crippen LogP contribution is -2.61. The topological polar surface area (TPSA) is 169 Å². The van der Waals surface area contributed by atoms with E-state index < -0.39 is 53.4 Å². The first-order chi connectivity index (χ1) is 23.1. The average Bonchev–Trinajstić information content (AvgIpc) is 3.45. The van der Waals surface area contributed by atoms with Gasteiger partial charge in [-0.05, 0) is 34.4 Å². The number of nitro groups is 1. The monoisotopic (exact) mass is 685 g/mol. The number of thioether (sulfide) groups is 1. The number of ether oxygens (including phenoxy) is 1. The predicted molar refractivity (Wildman–Crippen MR) is 177 cm³/mol. The molecular formula is C34H28N3O9PS. The average molecular weight is 686 g/mol. The second-order valence-corrected chi connectivity index (χ2v) is 13.2. The molecule has 0 spiro atoms. The summed E-state index contributed by atoms with van der Waals surface area (Å²) in [6, 6.07) is 31.4. The van der Waals surface area contributed by atoms with Crippen LogP contribution in [0.15, 0.2) is 132 Å². The van der Waals surface area contributed by atoms with Gasteiger partial charge in [0.25, 0.3) is 11.6 Å². The molecule has 4 aromatic carbocycles. The number of nitro benzene ring substituents is 1. The molecule has 4 aromatic rings. The number of phosphoric ester groups is 1. The van der Waals surface area contributed by atoms with Crippen LogP contribution in [-0.4, -0.2) is 47.9 Å². The van der Waals surface area contributed by atoms with Gasteiger partial charge in [0, 0.05) is 18.6 Å². The zero-order chi connectivity index (χ0) is 33.8. The van der Waals surface area contributed by atoms with E-state index in [9.17, 15) is 34.1 Å². The first-order valence-corrected chi connectivity index (χ1v) is 17.1. The molecule has 2 unspecified atom stereocenters. The van der Waals surface area contributed by atoms with E-state index in [1.807, 2.05) is 30.3 Å². The number of carbonyl (C=O) groups excluding carboxylic acids is 2. The fourth-order valence-corrected chi connectivity index (χ4v) is 7.27. The van der Waals surface area contributed by atoms with E-state index in [0.717, 1.165) is 10.5 Å². The molecule has 48 heavy (non-hydrogen) atoms. The van der Waals surface area contributed by atoms with Crippen LogP contribution in [0.5, 0.6) is 0 Å².